The second kappa shape index (κ2) is 17.1. The predicted octanol–water partition coefficient (Wildman–Crippen LogP) is 4.92. The lowest BCUT2D eigenvalue weighted by Crippen LogP contribution is -2.57. The summed E-state index contributed by atoms with van der Waals surface area (Å²) in [5.74, 6) is -1.08. The zero-order valence-corrected chi connectivity index (χ0v) is 33.3. The Morgan fingerprint density at radius 2 is 1.79 bits per heavy atom. The third-order valence-electron chi connectivity index (χ3n) is 10.9. The maximum atomic E-state index is 14.6. The molecule has 3 aromatic rings. The second-order valence-corrected chi connectivity index (χ2v) is 15.7. The summed E-state index contributed by atoms with van der Waals surface area (Å²) in [6.07, 6.45) is 8.12. The van der Waals surface area contributed by atoms with E-state index in [1.165, 1.54) is 30.3 Å². The number of epoxide rings is 1. The van der Waals surface area contributed by atoms with Gasteiger partial charge in [-0.05, 0) is 64.0 Å². The van der Waals surface area contributed by atoms with Crippen LogP contribution >= 0.6 is 11.3 Å². The summed E-state index contributed by atoms with van der Waals surface area (Å²) in [5.41, 5.74) is 0.583. The molecule has 0 spiro atoms. The van der Waals surface area contributed by atoms with Crippen LogP contribution in [0.5, 0.6) is 11.5 Å². The first-order valence-corrected chi connectivity index (χ1v) is 20.3. The molecule has 3 fully saturated rings. The van der Waals surface area contributed by atoms with Crippen LogP contribution in [0.4, 0.5) is 9.93 Å². The number of carbonyl (C=O) groups excluding carboxylic acids is 5. The topological polar surface area (TPSA) is 200 Å². The Hall–Kier alpha value is -5.29. The van der Waals surface area contributed by atoms with Gasteiger partial charge in [0, 0.05) is 35.7 Å². The van der Waals surface area contributed by atoms with Gasteiger partial charge in [0.1, 0.15) is 47.6 Å². The molecule has 2 aromatic heterocycles. The molecule has 3 aliphatic heterocycles. The predicted molar refractivity (Wildman–Crippen MR) is 209 cm³/mol. The number of hydrogen-bond donors (Lipinski definition) is 3. The molecule has 7 rings (SSSR count). The van der Waals surface area contributed by atoms with E-state index in [2.05, 4.69) is 20.9 Å². The van der Waals surface area contributed by atoms with Crippen LogP contribution in [0.2, 0.25) is 0 Å². The van der Waals surface area contributed by atoms with Gasteiger partial charge in [0.05, 0.1) is 32.0 Å². The number of esters is 1. The number of benzene rings is 1. The van der Waals surface area contributed by atoms with Gasteiger partial charge >= 0.3 is 12.1 Å². The average molecular weight is 805 g/mol. The zero-order chi connectivity index (χ0) is 40.3. The fourth-order valence-electron chi connectivity index (χ4n) is 7.86. The van der Waals surface area contributed by atoms with E-state index in [1.54, 1.807) is 24.6 Å². The lowest BCUT2D eigenvalue weighted by molar-refractivity contribution is -0.151. The molecule has 4 amide bonds. The molecule has 5 heterocycles. The number of ether oxygens (including phenoxy) is 5. The van der Waals surface area contributed by atoms with Crippen LogP contribution in [-0.4, -0.2) is 102 Å². The van der Waals surface area contributed by atoms with Crippen molar-refractivity contribution in [1.82, 2.24) is 25.5 Å². The Bertz CT molecular complexity index is 2070. The van der Waals surface area contributed by atoms with E-state index in [4.69, 9.17) is 28.7 Å². The zero-order valence-electron chi connectivity index (χ0n) is 32.5. The van der Waals surface area contributed by atoms with Crippen LogP contribution in [0.3, 0.4) is 0 Å². The molecule has 1 aliphatic carbocycles. The molecule has 1 unspecified atom stereocenters. The number of pyridine rings is 1. The van der Waals surface area contributed by atoms with Crippen molar-refractivity contribution in [2.24, 2.45) is 0 Å². The molecule has 1 saturated carbocycles. The van der Waals surface area contributed by atoms with E-state index in [0.29, 0.717) is 58.2 Å². The minimum Gasteiger partial charge on any atom is -0.496 e. The number of carbonyl (C=O) groups is 5. The SMILES string of the molecule is COC(=O)[C@]12NC(=O)[C@@H]3C[C@@H](Oc4cc(-c5csc(NC(C)=O)n5)nc5c(C)c(OC)ccc45)CN3C(=O)[C@@H](NC(=O)OC3CCCC3)CCCCC/C=C\C1O2. The number of amides is 4. The van der Waals surface area contributed by atoms with Crippen molar-refractivity contribution in [3.63, 3.8) is 0 Å². The first-order chi connectivity index (χ1) is 27.5. The van der Waals surface area contributed by atoms with Crippen LogP contribution in [0.15, 0.2) is 35.7 Å². The largest absolute Gasteiger partial charge is 0.496 e. The number of anilines is 1. The molecule has 0 radical (unpaired) electrons. The van der Waals surface area contributed by atoms with Crippen molar-refractivity contribution >= 4 is 57.2 Å². The molecule has 57 heavy (non-hydrogen) atoms. The number of alkyl carbamates (subject to hydrolysis) is 1. The lowest BCUT2D eigenvalue weighted by atomic mass is 10.1. The van der Waals surface area contributed by atoms with Crippen LogP contribution in [0, 0.1) is 6.92 Å². The van der Waals surface area contributed by atoms with E-state index in [-0.39, 0.29) is 25.0 Å². The normalized spacial score (nSPS) is 25.9. The average Bonchev–Trinajstić information content (AvgIpc) is 3.63. The highest BCUT2D eigenvalue weighted by Gasteiger charge is 2.65. The monoisotopic (exact) mass is 804 g/mol. The van der Waals surface area contributed by atoms with Gasteiger partial charge in [0.15, 0.2) is 5.13 Å². The number of methoxy groups -OCH3 is 2. The van der Waals surface area contributed by atoms with Gasteiger partial charge in [-0.3, -0.25) is 14.4 Å². The Morgan fingerprint density at radius 3 is 2.54 bits per heavy atom. The van der Waals surface area contributed by atoms with Crippen LogP contribution in [0.1, 0.15) is 76.7 Å². The van der Waals surface area contributed by atoms with Gasteiger partial charge in [-0.1, -0.05) is 25.0 Å². The standard InChI is InChI=1S/C40H48N6O10S/c1-22-31(52-3)17-16-26-32(19-28(42-34(22)26)29-21-57-38(43-29)41-23(2)47)54-25-18-30-35(48)45-40(37(50)53-4)33(56-40)15-9-7-5-6-8-14-27(36(49)46(30)20-25)44-39(51)55-24-12-10-11-13-24/h9,15-17,19,21,24-25,27,30,33H,5-8,10-14,18,20H2,1-4H3,(H,44,51)(H,45,48)(H,41,43,47)/b15-9-/t25-,27+,30+,33?,40+/m1/s1. The van der Waals surface area contributed by atoms with Crippen molar-refractivity contribution in [3.05, 3.63) is 41.3 Å². The van der Waals surface area contributed by atoms with Gasteiger partial charge < -0.3 is 44.5 Å². The van der Waals surface area contributed by atoms with Crippen LogP contribution in [0.25, 0.3) is 22.3 Å². The van der Waals surface area contributed by atoms with Crippen molar-refractivity contribution in [2.45, 2.75) is 114 Å². The molecule has 17 heteroatoms. The smallest absolute Gasteiger partial charge is 0.408 e. The number of thiazole rings is 1. The number of hydrogen-bond acceptors (Lipinski definition) is 13. The third kappa shape index (κ3) is 8.68. The summed E-state index contributed by atoms with van der Waals surface area (Å²) in [6, 6.07) is 3.30. The van der Waals surface area contributed by atoms with Crippen LogP contribution < -0.4 is 25.4 Å². The fraction of sp³-hybridized carbons (Fsp3) is 0.525. The second-order valence-electron chi connectivity index (χ2n) is 14.8. The summed E-state index contributed by atoms with van der Waals surface area (Å²) < 4.78 is 28.8. The number of nitrogens with zero attached hydrogens (tertiary/aromatic N) is 3. The van der Waals surface area contributed by atoms with E-state index in [9.17, 15) is 24.0 Å². The highest BCUT2D eigenvalue weighted by Crippen LogP contribution is 2.39. The van der Waals surface area contributed by atoms with Gasteiger partial charge in [0.25, 0.3) is 5.72 Å². The fourth-order valence-corrected chi connectivity index (χ4v) is 8.61. The Labute approximate surface area is 334 Å². The number of aryl methyl sites for hydroxylation is 1. The Kier molecular flexibility index (Phi) is 11.9. The molecule has 1 aromatic carbocycles. The molecule has 16 nitrogen and oxygen atoms in total. The van der Waals surface area contributed by atoms with E-state index in [0.717, 1.165) is 44.1 Å². The Morgan fingerprint density at radius 1 is 1.00 bits per heavy atom. The van der Waals surface area contributed by atoms with E-state index < -0.39 is 53.9 Å². The molecule has 4 aliphatic rings. The van der Waals surface area contributed by atoms with Gasteiger partial charge in [-0.2, -0.15) is 0 Å². The van der Waals surface area contributed by atoms with Crippen molar-refractivity contribution in [1.29, 1.82) is 0 Å². The van der Waals surface area contributed by atoms with Crippen molar-refractivity contribution in [2.75, 3.05) is 26.1 Å². The van der Waals surface area contributed by atoms with Crippen molar-refractivity contribution in [3.8, 4) is 22.9 Å². The molecular formula is C40H48N6O10S. The minimum atomic E-state index is -1.74. The van der Waals surface area contributed by atoms with E-state index in [1.807, 2.05) is 25.1 Å². The number of aromatic nitrogens is 2. The summed E-state index contributed by atoms with van der Waals surface area (Å²) in [7, 11) is 2.79. The lowest BCUT2D eigenvalue weighted by Gasteiger charge is -2.29. The molecular weight excluding hydrogens is 757 g/mol. The van der Waals surface area contributed by atoms with E-state index >= 15 is 0 Å². The van der Waals surface area contributed by atoms with Crippen molar-refractivity contribution < 1.29 is 47.7 Å². The number of allylic oxidation sites excluding steroid dienone is 1. The van der Waals surface area contributed by atoms with Gasteiger partial charge in [-0.25, -0.2) is 19.6 Å². The number of fused-ring (bicyclic) bond motifs is 3. The summed E-state index contributed by atoms with van der Waals surface area (Å²) in [5, 5.41) is 11.1. The summed E-state index contributed by atoms with van der Waals surface area (Å²) in [6.45, 7) is 3.27. The molecule has 5 atom stereocenters. The minimum absolute atomic E-state index is 0.0140. The number of nitrogens with one attached hydrogen (secondary N) is 3. The first kappa shape index (κ1) is 39.9. The summed E-state index contributed by atoms with van der Waals surface area (Å²) in [4.78, 5) is 77.7. The van der Waals surface area contributed by atoms with Gasteiger partial charge in [-0.15, -0.1) is 11.3 Å². The first-order valence-electron chi connectivity index (χ1n) is 19.4. The quantitative estimate of drug-likeness (QED) is 0.158. The molecule has 0 bridgehead atoms. The highest BCUT2D eigenvalue weighted by molar-refractivity contribution is 7.14. The van der Waals surface area contributed by atoms with Gasteiger partial charge in [0.2, 0.25) is 17.7 Å². The summed E-state index contributed by atoms with van der Waals surface area (Å²) >= 11 is 1.25. The molecule has 2 saturated heterocycles. The maximum Gasteiger partial charge on any atom is 0.408 e. The van der Waals surface area contributed by atoms with Crippen LogP contribution in [-0.2, 0) is 33.4 Å². The number of rotatable bonds is 8. The Balaban J connectivity index is 1.22. The highest BCUT2D eigenvalue weighted by atomic mass is 32.1. The molecule has 3 N–H and O–H groups in total. The maximum absolute atomic E-state index is 14.6. The third-order valence-corrected chi connectivity index (χ3v) is 11.6. The molecule has 304 valence electrons.